The van der Waals surface area contributed by atoms with Crippen LogP contribution in [0.15, 0.2) is 0 Å². The first-order chi connectivity index (χ1) is 39.9. The van der Waals surface area contributed by atoms with Crippen molar-refractivity contribution in [3.8, 4) is 0 Å². The molecule has 0 spiro atoms. The van der Waals surface area contributed by atoms with E-state index >= 15 is 0 Å². The number of aliphatic hydroxyl groups excluding tert-OH is 1. The van der Waals surface area contributed by atoms with Crippen molar-refractivity contribution in [3.63, 3.8) is 0 Å². The van der Waals surface area contributed by atoms with Gasteiger partial charge in [0.15, 0.2) is 12.2 Å². The zero-order chi connectivity index (χ0) is 61.5. The van der Waals surface area contributed by atoms with Crippen molar-refractivity contribution in [2.45, 2.75) is 336 Å². The van der Waals surface area contributed by atoms with Gasteiger partial charge < -0.3 is 33.8 Å². The van der Waals surface area contributed by atoms with Crippen molar-refractivity contribution in [3.05, 3.63) is 0 Å². The largest absolute Gasteiger partial charge is 0.472 e. The van der Waals surface area contributed by atoms with Gasteiger partial charge in [0.25, 0.3) is 0 Å². The predicted octanol–water partition coefficient (Wildman–Crippen LogP) is 17.7. The molecule has 0 amide bonds. The van der Waals surface area contributed by atoms with E-state index in [0.717, 1.165) is 102 Å². The van der Waals surface area contributed by atoms with Crippen LogP contribution in [0.25, 0.3) is 0 Å². The third kappa shape index (κ3) is 58.8. The van der Waals surface area contributed by atoms with Crippen LogP contribution in [0, 0.1) is 11.8 Å². The molecule has 0 aliphatic heterocycles. The van der Waals surface area contributed by atoms with E-state index in [-0.39, 0.29) is 25.7 Å². The van der Waals surface area contributed by atoms with Gasteiger partial charge in [-0.25, -0.2) is 9.13 Å². The molecule has 19 heteroatoms. The molecule has 492 valence electrons. The maximum absolute atomic E-state index is 13.0. The number of carbonyl (C=O) groups excluding carboxylic acids is 4. The maximum Gasteiger partial charge on any atom is 0.472 e. The normalized spacial score (nSPS) is 14.3. The van der Waals surface area contributed by atoms with Gasteiger partial charge in [-0.1, -0.05) is 266 Å². The summed E-state index contributed by atoms with van der Waals surface area (Å²) in [4.78, 5) is 72.1. The second kappa shape index (κ2) is 56.6. The molecule has 0 aromatic rings. The van der Waals surface area contributed by atoms with Gasteiger partial charge in [-0.3, -0.25) is 37.3 Å². The van der Waals surface area contributed by atoms with Crippen molar-refractivity contribution < 1.29 is 80.2 Å². The Hall–Kier alpha value is -1.94. The van der Waals surface area contributed by atoms with Gasteiger partial charge in [0, 0.05) is 25.7 Å². The fraction of sp³-hybridized carbons (Fsp3) is 0.938. The van der Waals surface area contributed by atoms with Crippen LogP contribution in [-0.2, 0) is 65.4 Å². The molecule has 0 fully saturated rings. The Balaban J connectivity index is 5.21. The van der Waals surface area contributed by atoms with Crippen LogP contribution in [0.3, 0.4) is 0 Å². The van der Waals surface area contributed by atoms with Crippen LogP contribution in [0.2, 0.25) is 0 Å². The summed E-state index contributed by atoms with van der Waals surface area (Å²) in [5.74, 6) is -0.654. The lowest BCUT2D eigenvalue weighted by molar-refractivity contribution is -0.161. The molecule has 0 saturated heterocycles. The van der Waals surface area contributed by atoms with E-state index < -0.39 is 97.5 Å². The van der Waals surface area contributed by atoms with E-state index in [9.17, 15) is 43.2 Å². The van der Waals surface area contributed by atoms with E-state index in [0.29, 0.717) is 31.6 Å². The van der Waals surface area contributed by atoms with Gasteiger partial charge >= 0.3 is 39.5 Å². The first-order valence-corrected chi connectivity index (χ1v) is 36.5. The minimum atomic E-state index is -4.94. The van der Waals surface area contributed by atoms with Crippen LogP contribution in [0.4, 0.5) is 0 Å². The molecule has 0 bridgehead atoms. The Kier molecular flexibility index (Phi) is 55.2. The van der Waals surface area contributed by atoms with Crippen LogP contribution in [-0.4, -0.2) is 96.7 Å². The molecular formula is C64H124O17P2. The van der Waals surface area contributed by atoms with Gasteiger partial charge in [0.05, 0.1) is 26.4 Å². The zero-order valence-corrected chi connectivity index (χ0v) is 55.3. The van der Waals surface area contributed by atoms with Crippen molar-refractivity contribution in [2.75, 3.05) is 39.6 Å². The summed E-state index contributed by atoms with van der Waals surface area (Å²) in [6.45, 7) is 9.42. The smallest absolute Gasteiger partial charge is 0.462 e. The summed E-state index contributed by atoms with van der Waals surface area (Å²) in [5, 5.41) is 10.5. The molecule has 3 N–H and O–H groups in total. The Morgan fingerprint density at radius 2 is 0.554 bits per heavy atom. The molecule has 0 rings (SSSR count). The third-order valence-electron chi connectivity index (χ3n) is 14.7. The number of unbranched alkanes of at least 4 members (excludes halogenated alkanes) is 33. The molecule has 2 unspecified atom stereocenters. The van der Waals surface area contributed by atoms with Crippen LogP contribution < -0.4 is 0 Å². The first-order valence-electron chi connectivity index (χ1n) is 33.5. The third-order valence-corrected chi connectivity index (χ3v) is 16.6. The number of hydrogen-bond acceptors (Lipinski definition) is 15. The number of rotatable bonds is 63. The number of phosphoric ester groups is 2. The Labute approximate surface area is 505 Å². The molecule has 0 aromatic heterocycles. The van der Waals surface area contributed by atoms with Gasteiger partial charge in [-0.2, -0.15) is 0 Å². The highest BCUT2D eigenvalue weighted by Gasteiger charge is 2.30. The fourth-order valence-corrected chi connectivity index (χ4v) is 11.1. The van der Waals surface area contributed by atoms with Crippen molar-refractivity contribution in [2.24, 2.45) is 11.8 Å². The van der Waals surface area contributed by atoms with E-state index in [1.165, 1.54) is 128 Å². The minimum absolute atomic E-state index is 0.105. The highest BCUT2D eigenvalue weighted by molar-refractivity contribution is 7.47. The minimum Gasteiger partial charge on any atom is -0.462 e. The second-order valence-electron chi connectivity index (χ2n) is 24.1. The second-order valence-corrected chi connectivity index (χ2v) is 27.0. The van der Waals surface area contributed by atoms with Crippen molar-refractivity contribution in [1.82, 2.24) is 0 Å². The molecule has 0 heterocycles. The lowest BCUT2D eigenvalue weighted by Crippen LogP contribution is -2.30. The Bertz CT molecular complexity index is 1630. The summed E-state index contributed by atoms with van der Waals surface area (Å²) < 4.78 is 67.9. The molecular weight excluding hydrogens is 1100 g/mol. The Morgan fingerprint density at radius 3 is 0.819 bits per heavy atom. The van der Waals surface area contributed by atoms with Gasteiger partial charge in [0.2, 0.25) is 0 Å². The Morgan fingerprint density at radius 1 is 0.325 bits per heavy atom. The number of carbonyl (C=O) groups is 4. The van der Waals surface area contributed by atoms with Gasteiger partial charge in [-0.15, -0.1) is 0 Å². The average molecular weight is 1230 g/mol. The summed E-state index contributed by atoms with van der Waals surface area (Å²) in [6.07, 6.45) is 39.0. The monoisotopic (exact) mass is 1230 g/mol. The highest BCUT2D eigenvalue weighted by Crippen LogP contribution is 2.45. The van der Waals surface area contributed by atoms with Crippen molar-refractivity contribution >= 4 is 39.5 Å². The molecule has 0 radical (unpaired) electrons. The number of esters is 4. The summed E-state index contributed by atoms with van der Waals surface area (Å²) in [5.41, 5.74) is 0. The highest BCUT2D eigenvalue weighted by atomic mass is 31.2. The van der Waals surface area contributed by atoms with Gasteiger partial charge in [-0.05, 0) is 37.5 Å². The standard InChI is InChI=1S/C64H124O17P2/c1-7-9-11-13-15-21-28-34-40-46-61(66)74-52-59(80-63(68)48-42-36-29-22-16-14-12-10-8-2)54-78-82(70,71)76-50-58(65)51-77-83(72,73)79-55-60(53-75-62(67)47-41-35-31-25-27-33-39-45-57(5)6)81-64(69)49-43-37-30-24-20-18-17-19-23-26-32-38-44-56(3)4/h56-60,65H,7-55H2,1-6H3,(H,70,71)(H,72,73)/t58-,59+,60+/m0/s1. The number of aliphatic hydroxyl groups is 1. The maximum atomic E-state index is 13.0. The van der Waals surface area contributed by atoms with E-state index in [4.69, 9.17) is 37.0 Å². The molecule has 5 atom stereocenters. The topological polar surface area (TPSA) is 237 Å². The molecule has 0 aromatic carbocycles. The molecule has 0 saturated carbocycles. The van der Waals surface area contributed by atoms with Crippen LogP contribution >= 0.6 is 15.6 Å². The number of hydrogen-bond donors (Lipinski definition) is 3. The molecule has 0 aliphatic rings. The van der Waals surface area contributed by atoms with Gasteiger partial charge in [0.1, 0.15) is 19.3 Å². The molecule has 0 aliphatic carbocycles. The lowest BCUT2D eigenvalue weighted by atomic mass is 10.0. The van der Waals surface area contributed by atoms with E-state index in [1.54, 1.807) is 0 Å². The van der Waals surface area contributed by atoms with Crippen molar-refractivity contribution in [1.29, 1.82) is 0 Å². The zero-order valence-electron chi connectivity index (χ0n) is 53.5. The molecule has 83 heavy (non-hydrogen) atoms. The summed E-state index contributed by atoms with van der Waals surface area (Å²) in [7, 11) is -9.88. The van der Waals surface area contributed by atoms with E-state index in [2.05, 4.69) is 41.5 Å². The predicted molar refractivity (Wildman–Crippen MR) is 331 cm³/mol. The summed E-state index contributed by atoms with van der Waals surface area (Å²) in [6, 6.07) is 0. The first kappa shape index (κ1) is 81.1. The lowest BCUT2D eigenvalue weighted by Gasteiger charge is -2.21. The number of ether oxygens (including phenoxy) is 4. The van der Waals surface area contributed by atoms with Crippen LogP contribution in [0.5, 0.6) is 0 Å². The summed E-state index contributed by atoms with van der Waals surface area (Å²) >= 11 is 0. The molecule has 17 nitrogen and oxygen atoms in total. The average Bonchev–Trinajstić information content (AvgIpc) is 3.44. The number of phosphoric acid groups is 2. The van der Waals surface area contributed by atoms with Crippen LogP contribution in [0.1, 0.15) is 318 Å². The SMILES string of the molecule is CCCCCCCCCCCC(=O)OC[C@H](COP(=O)(O)OC[C@H](O)COP(=O)(O)OC[C@@H](COC(=O)CCCCCCCCCC(C)C)OC(=O)CCCCCCCCCCCCCCC(C)C)OC(=O)CCCCCCCCCCC. The fourth-order valence-electron chi connectivity index (χ4n) is 9.53. The quantitative estimate of drug-likeness (QED) is 0.0222. The van der Waals surface area contributed by atoms with E-state index in [1.807, 2.05) is 0 Å².